The summed E-state index contributed by atoms with van der Waals surface area (Å²) in [6.45, 7) is 6.73. The second kappa shape index (κ2) is 9.74. The molecule has 2 fully saturated rings. The molecule has 2 aromatic carbocycles. The van der Waals surface area contributed by atoms with Gasteiger partial charge in [0.15, 0.2) is 6.10 Å². The summed E-state index contributed by atoms with van der Waals surface area (Å²) in [5.74, 6) is 0.609. The fourth-order valence-corrected chi connectivity index (χ4v) is 6.00. The smallest absolute Gasteiger partial charge is 0.340 e. The van der Waals surface area contributed by atoms with E-state index in [-0.39, 0.29) is 17.5 Å². The van der Waals surface area contributed by atoms with Crippen LogP contribution in [-0.2, 0) is 11.2 Å². The van der Waals surface area contributed by atoms with Crippen molar-refractivity contribution in [3.63, 3.8) is 0 Å². The highest BCUT2D eigenvalue weighted by Crippen LogP contribution is 2.40. The maximum absolute atomic E-state index is 13.4. The number of rotatable bonds is 5. The van der Waals surface area contributed by atoms with E-state index in [0.29, 0.717) is 42.8 Å². The van der Waals surface area contributed by atoms with Gasteiger partial charge in [0.25, 0.3) is 5.91 Å². The molecule has 6 nitrogen and oxygen atoms in total. The van der Waals surface area contributed by atoms with E-state index < -0.39 is 11.7 Å². The van der Waals surface area contributed by atoms with Crippen LogP contribution in [0.15, 0.2) is 51.7 Å². The monoisotopic (exact) mass is 489 g/mol. The number of carbonyl (C=O) groups is 1. The van der Waals surface area contributed by atoms with Crippen molar-refractivity contribution >= 4 is 16.9 Å². The zero-order valence-electron chi connectivity index (χ0n) is 21.4. The Morgan fingerprint density at radius 2 is 1.97 bits per heavy atom. The molecule has 1 aliphatic carbocycles. The summed E-state index contributed by atoms with van der Waals surface area (Å²) in [6, 6.07) is 13.6. The SMILES string of the molecule is Cc1cc(OC(C)C(=O)N2CCC3(O)CCCCC3C2)c2c(C)c(Cc3ccccc3)c(=O)oc2c1. The van der Waals surface area contributed by atoms with Crippen LogP contribution in [0.4, 0.5) is 0 Å². The molecule has 3 aromatic rings. The molecule has 1 saturated heterocycles. The molecule has 0 bridgehead atoms. The maximum atomic E-state index is 13.4. The summed E-state index contributed by atoms with van der Waals surface area (Å²) >= 11 is 0. The number of hydrogen-bond acceptors (Lipinski definition) is 5. The number of fused-ring (bicyclic) bond motifs is 2. The molecule has 190 valence electrons. The molecule has 3 unspecified atom stereocenters. The lowest BCUT2D eigenvalue weighted by Gasteiger charge is -2.47. The van der Waals surface area contributed by atoms with Crippen molar-refractivity contribution in [1.82, 2.24) is 4.90 Å². The summed E-state index contributed by atoms with van der Waals surface area (Å²) < 4.78 is 12.0. The van der Waals surface area contributed by atoms with Crippen molar-refractivity contribution in [1.29, 1.82) is 0 Å². The van der Waals surface area contributed by atoms with E-state index in [4.69, 9.17) is 9.15 Å². The van der Waals surface area contributed by atoms with Crippen molar-refractivity contribution in [2.45, 2.75) is 71.0 Å². The number of benzene rings is 2. The molecule has 1 N–H and O–H groups in total. The van der Waals surface area contributed by atoms with Crippen LogP contribution in [0.25, 0.3) is 11.0 Å². The number of aliphatic hydroxyl groups is 1. The average Bonchev–Trinajstić information content (AvgIpc) is 2.85. The number of hydrogen-bond donors (Lipinski definition) is 1. The fraction of sp³-hybridized carbons (Fsp3) is 0.467. The molecule has 3 atom stereocenters. The number of aryl methyl sites for hydroxylation is 2. The van der Waals surface area contributed by atoms with Crippen LogP contribution in [-0.4, -0.2) is 40.7 Å². The topological polar surface area (TPSA) is 80.0 Å². The summed E-state index contributed by atoms with van der Waals surface area (Å²) in [5.41, 5.74) is 2.81. The summed E-state index contributed by atoms with van der Waals surface area (Å²) in [4.78, 5) is 28.1. The minimum Gasteiger partial charge on any atom is -0.480 e. The summed E-state index contributed by atoms with van der Waals surface area (Å²) in [7, 11) is 0. The van der Waals surface area contributed by atoms with Crippen LogP contribution < -0.4 is 10.4 Å². The number of carbonyl (C=O) groups excluding carboxylic acids is 1. The third-order valence-corrected chi connectivity index (χ3v) is 8.10. The van der Waals surface area contributed by atoms with Gasteiger partial charge in [-0.25, -0.2) is 4.79 Å². The lowest BCUT2D eigenvalue weighted by atomic mass is 9.71. The zero-order valence-corrected chi connectivity index (χ0v) is 21.4. The van der Waals surface area contributed by atoms with Gasteiger partial charge in [-0.2, -0.15) is 0 Å². The van der Waals surface area contributed by atoms with Crippen LogP contribution in [0.1, 0.15) is 61.3 Å². The average molecular weight is 490 g/mol. The van der Waals surface area contributed by atoms with Gasteiger partial charge in [0, 0.05) is 31.0 Å². The third kappa shape index (κ3) is 4.66. The van der Waals surface area contributed by atoms with Crippen LogP contribution in [0.5, 0.6) is 5.75 Å². The molecule has 6 heteroatoms. The first kappa shape index (κ1) is 24.6. The van der Waals surface area contributed by atoms with Crippen molar-refractivity contribution in [3.8, 4) is 5.75 Å². The lowest BCUT2D eigenvalue weighted by Crippen LogP contribution is -2.56. The van der Waals surface area contributed by atoms with Crippen LogP contribution in [0.3, 0.4) is 0 Å². The van der Waals surface area contributed by atoms with Crippen molar-refractivity contribution < 1.29 is 19.1 Å². The van der Waals surface area contributed by atoms with Crippen molar-refractivity contribution in [2.24, 2.45) is 5.92 Å². The largest absolute Gasteiger partial charge is 0.480 e. The molecule has 1 saturated carbocycles. The molecule has 5 rings (SSSR count). The van der Waals surface area contributed by atoms with Gasteiger partial charge in [-0.15, -0.1) is 0 Å². The van der Waals surface area contributed by atoms with Gasteiger partial charge < -0.3 is 19.2 Å². The van der Waals surface area contributed by atoms with Gasteiger partial charge in [0.05, 0.1) is 11.0 Å². The van der Waals surface area contributed by atoms with Crippen molar-refractivity contribution in [3.05, 3.63) is 75.1 Å². The van der Waals surface area contributed by atoms with E-state index in [1.54, 1.807) is 6.92 Å². The normalized spacial score (nSPS) is 22.8. The molecule has 1 aromatic heterocycles. The Bertz CT molecular complexity index is 1330. The first-order chi connectivity index (χ1) is 17.2. The minimum absolute atomic E-state index is 0.0724. The van der Waals surface area contributed by atoms with E-state index in [0.717, 1.165) is 47.8 Å². The Hall–Kier alpha value is -3.12. The molecule has 36 heavy (non-hydrogen) atoms. The Morgan fingerprint density at radius 3 is 2.75 bits per heavy atom. The Balaban J connectivity index is 1.42. The molecule has 2 heterocycles. The van der Waals surface area contributed by atoms with Gasteiger partial charge in [0.1, 0.15) is 11.3 Å². The highest BCUT2D eigenvalue weighted by atomic mass is 16.5. The maximum Gasteiger partial charge on any atom is 0.340 e. The fourth-order valence-electron chi connectivity index (χ4n) is 6.00. The number of likely N-dealkylation sites (tertiary alicyclic amines) is 1. The molecule has 1 amide bonds. The Labute approximate surface area is 211 Å². The zero-order chi connectivity index (χ0) is 25.4. The van der Waals surface area contributed by atoms with Gasteiger partial charge in [-0.3, -0.25) is 4.79 Å². The van der Waals surface area contributed by atoms with E-state index in [9.17, 15) is 14.7 Å². The second-order valence-electron chi connectivity index (χ2n) is 10.6. The van der Waals surface area contributed by atoms with E-state index in [1.165, 1.54) is 0 Å². The Morgan fingerprint density at radius 1 is 1.19 bits per heavy atom. The van der Waals surface area contributed by atoms with Gasteiger partial charge in [-0.05, 0) is 68.9 Å². The standard InChI is InChI=1S/C30H35NO5/c1-19-15-25(35-21(3)28(32)31-14-13-30(34)12-8-7-11-23(30)18-31)27-20(2)24(29(33)36-26(27)16-19)17-22-9-5-4-6-10-22/h4-6,9-10,15-16,21,23,34H,7-8,11-14,17-18H2,1-3H3. The van der Waals surface area contributed by atoms with Crippen LogP contribution in [0, 0.1) is 19.8 Å². The molecule has 2 aliphatic rings. The molecular formula is C30H35NO5. The predicted octanol–water partition coefficient (Wildman–Crippen LogP) is 4.92. The number of piperidine rings is 1. The van der Waals surface area contributed by atoms with Gasteiger partial charge in [-0.1, -0.05) is 43.2 Å². The molecule has 1 aliphatic heterocycles. The molecule has 0 spiro atoms. The lowest BCUT2D eigenvalue weighted by molar-refractivity contribution is -0.149. The van der Waals surface area contributed by atoms with E-state index in [1.807, 2.05) is 61.2 Å². The first-order valence-electron chi connectivity index (χ1n) is 13.0. The number of nitrogens with zero attached hydrogens (tertiary/aromatic N) is 1. The third-order valence-electron chi connectivity index (χ3n) is 8.10. The molecule has 0 radical (unpaired) electrons. The van der Waals surface area contributed by atoms with Crippen molar-refractivity contribution in [2.75, 3.05) is 13.1 Å². The Kier molecular flexibility index (Phi) is 6.64. The number of ether oxygens (including phenoxy) is 1. The summed E-state index contributed by atoms with van der Waals surface area (Å²) in [6.07, 6.45) is 4.33. The van der Waals surface area contributed by atoms with Crippen LogP contribution >= 0.6 is 0 Å². The minimum atomic E-state index is -0.700. The highest BCUT2D eigenvalue weighted by Gasteiger charge is 2.44. The van der Waals surface area contributed by atoms with E-state index in [2.05, 4.69) is 0 Å². The van der Waals surface area contributed by atoms with Gasteiger partial charge in [0.2, 0.25) is 0 Å². The quantitative estimate of drug-likeness (QED) is 0.515. The van der Waals surface area contributed by atoms with Crippen LogP contribution in [0.2, 0.25) is 0 Å². The molecular weight excluding hydrogens is 454 g/mol. The predicted molar refractivity (Wildman–Crippen MR) is 139 cm³/mol. The van der Waals surface area contributed by atoms with Gasteiger partial charge >= 0.3 is 5.63 Å². The van der Waals surface area contributed by atoms with E-state index >= 15 is 0 Å². The summed E-state index contributed by atoms with van der Waals surface area (Å²) in [5, 5.41) is 11.7. The number of amides is 1. The first-order valence-corrected chi connectivity index (χ1v) is 13.0. The highest BCUT2D eigenvalue weighted by molar-refractivity contribution is 5.89. The second-order valence-corrected chi connectivity index (χ2v) is 10.6.